The number of nitrogens with one attached hydrogen (secondary N) is 11. The highest BCUT2D eigenvalue weighted by atomic mass is 32.1. The van der Waals surface area contributed by atoms with Gasteiger partial charge in [0, 0.05) is 49.1 Å². The molecular formula is C59H77N15O20S2. The van der Waals surface area contributed by atoms with E-state index in [0.717, 1.165) is 6.92 Å². The number of H-pyrrole nitrogens is 1. The number of primary amides is 2. The summed E-state index contributed by atoms with van der Waals surface area (Å²) in [6.07, 6.45) is -3.97. The molecule has 1 aromatic heterocycles. The van der Waals surface area contributed by atoms with E-state index < -0.39 is 200 Å². The summed E-state index contributed by atoms with van der Waals surface area (Å²) in [5.74, 6) is -18.2. The number of nitrogens with zero attached hydrogens (tertiary/aromatic N) is 1. The number of aliphatic hydroxyl groups excluding tert-OH is 2. The summed E-state index contributed by atoms with van der Waals surface area (Å²) < 4.78 is 0. The molecule has 23 N–H and O–H groups in total. The number of phenolic OH excluding ortho intramolecular Hbond substituents is 2. The smallest absolute Gasteiger partial charge is 0.326 e. The molecule has 0 radical (unpaired) electrons. The molecule has 1 heterocycles. The number of aromatic hydroxyl groups is 2. The number of hydrogen-bond donors (Lipinski definition) is 22. The second kappa shape index (κ2) is 38.7. The number of aliphatic carboxylic acids is 2. The fraction of sp³-hybridized carbons (Fsp3) is 0.407. The molecule has 3 aromatic carbocycles. The van der Waals surface area contributed by atoms with Gasteiger partial charge in [0.25, 0.3) is 0 Å². The number of thiol groups is 2. The number of hydrogen-bond acceptors (Lipinski definition) is 22. The van der Waals surface area contributed by atoms with Gasteiger partial charge in [-0.05, 0) is 60.7 Å². The summed E-state index contributed by atoms with van der Waals surface area (Å²) in [6.45, 7) is -0.262. The van der Waals surface area contributed by atoms with E-state index in [0.29, 0.717) is 16.7 Å². The number of amides is 12. The van der Waals surface area contributed by atoms with Gasteiger partial charge in [0.1, 0.15) is 71.9 Å². The van der Waals surface area contributed by atoms with E-state index in [1.54, 1.807) is 30.3 Å². The number of carbonyl (C=O) groups is 14. The third-order valence-electron chi connectivity index (χ3n) is 14.1. The van der Waals surface area contributed by atoms with Gasteiger partial charge in [-0.15, -0.1) is 0 Å². The van der Waals surface area contributed by atoms with Crippen LogP contribution in [0.15, 0.2) is 91.4 Å². The van der Waals surface area contributed by atoms with Gasteiger partial charge >= 0.3 is 11.9 Å². The number of carboxylic acids is 2. The molecule has 0 fully saturated rings. The van der Waals surface area contributed by atoms with E-state index in [4.69, 9.17) is 17.2 Å². The van der Waals surface area contributed by atoms with Gasteiger partial charge in [0.2, 0.25) is 70.9 Å². The number of rotatable bonds is 40. The van der Waals surface area contributed by atoms with Gasteiger partial charge in [0.05, 0.1) is 37.9 Å². The zero-order valence-electron chi connectivity index (χ0n) is 51.3. The van der Waals surface area contributed by atoms with Crippen LogP contribution in [0.1, 0.15) is 55.0 Å². The Morgan fingerprint density at radius 2 is 0.865 bits per heavy atom. The van der Waals surface area contributed by atoms with Crippen molar-refractivity contribution in [3.8, 4) is 11.5 Å². The third kappa shape index (κ3) is 26.2. The van der Waals surface area contributed by atoms with Gasteiger partial charge in [-0.3, -0.25) is 62.3 Å². The Labute approximate surface area is 558 Å². The first-order valence-corrected chi connectivity index (χ1v) is 30.6. The lowest BCUT2D eigenvalue weighted by molar-refractivity contribution is -0.142. The van der Waals surface area contributed by atoms with E-state index in [2.05, 4.69) is 83.1 Å². The lowest BCUT2D eigenvalue weighted by atomic mass is 10.0. The SMILES string of the molecule is C[C@@H](O)[C@H](NC(=O)[C@H](Cc1ccccc1)NC(=O)[C@H](CS)NC(=O)[C@@H](N)Cc1ccc(O)cc1)C(=O)N[C@@H](CC(N)=O)C(=O)N[C@@H](CO)C(=O)N[C@@H](CCC(=O)O)C(=O)N[C@@H](CC(N)=O)C(=O)N[C@@H](Cc1cnc[nH]1)C(=O)N[C@@H](CS)C(=O)N[C@@H](Cc1ccc(O)cc1)C(=O)O. The molecule has 4 rings (SSSR count). The second-order valence-electron chi connectivity index (χ2n) is 21.8. The maximum Gasteiger partial charge on any atom is 0.326 e. The van der Waals surface area contributed by atoms with Gasteiger partial charge in [-0.2, -0.15) is 25.3 Å². The summed E-state index contributed by atoms with van der Waals surface area (Å²) in [6, 6.07) is 0.264. The molecule has 12 atom stereocenters. The van der Waals surface area contributed by atoms with E-state index in [1.165, 1.54) is 61.1 Å². The van der Waals surface area contributed by atoms with Crippen molar-refractivity contribution in [2.45, 2.75) is 131 Å². The normalized spacial score (nSPS) is 14.7. The molecule has 4 aromatic rings. The first-order chi connectivity index (χ1) is 45.4. The Hall–Kier alpha value is -10.4. The standard InChI is InChI=1S/C59H77N15O20S2/c1-28(76)48(74-54(88)37(18-29-5-3-2-4-6-29)66-56(90)43(25-95)72-49(83)35(60)17-30-7-11-33(77)12-8-30)58(92)69-40(22-46(62)80)53(87)71-42(24-75)55(89)65-36(15-16-47(81)82)50(84)68-39(21-45(61)79)52(86)67-38(20-32-23-63-27-64-32)51(85)73-44(26-96)57(91)70-41(59(93)94)19-31-9-13-34(78)14-10-31/h2-14,23,27-28,35-44,48,75-78,95-96H,15-22,24-26,60H2,1H3,(H2,61,79)(H2,62,80)(H,63,64)(H,65,89)(H,66,90)(H,67,86)(H,68,84)(H,69,92)(H,70,91)(H,71,87)(H,72,83)(H,73,85)(H,74,88)(H,81,82)(H,93,94)/t28-,35+,36+,37+,38+,39+,40+,41+,42+,43+,44+,48+/m1/s1. The van der Waals surface area contributed by atoms with Gasteiger partial charge < -0.3 is 106 Å². The summed E-state index contributed by atoms with van der Waals surface area (Å²) in [5, 5.41) is 82.6. The Morgan fingerprint density at radius 3 is 1.33 bits per heavy atom. The third-order valence-corrected chi connectivity index (χ3v) is 14.8. The molecule has 0 aliphatic carbocycles. The number of carbonyl (C=O) groups excluding carboxylic acids is 12. The monoisotopic (exact) mass is 1380 g/mol. The molecule has 0 spiro atoms. The van der Waals surface area contributed by atoms with Crippen molar-refractivity contribution in [2.24, 2.45) is 17.2 Å². The molecule has 96 heavy (non-hydrogen) atoms. The number of aromatic nitrogens is 2. The molecule has 0 unspecified atom stereocenters. The Morgan fingerprint density at radius 1 is 0.479 bits per heavy atom. The molecule has 0 saturated heterocycles. The quantitative estimate of drug-likeness (QED) is 0.0184. The summed E-state index contributed by atoms with van der Waals surface area (Å²) in [7, 11) is 0. The average molecular weight is 1380 g/mol. The first-order valence-electron chi connectivity index (χ1n) is 29.3. The topological polar surface area (TPSA) is 587 Å². The lowest BCUT2D eigenvalue weighted by Gasteiger charge is -2.28. The van der Waals surface area contributed by atoms with Crippen LogP contribution < -0.4 is 70.4 Å². The van der Waals surface area contributed by atoms with Crippen LogP contribution in [-0.2, 0) is 92.8 Å². The fourth-order valence-electron chi connectivity index (χ4n) is 8.98. The minimum Gasteiger partial charge on any atom is -0.508 e. The number of carboxylic acid groups (broad SMARTS) is 2. The number of imidazole rings is 1. The first kappa shape index (κ1) is 78.1. The van der Waals surface area contributed by atoms with E-state index >= 15 is 0 Å². The van der Waals surface area contributed by atoms with Crippen LogP contribution in [0.3, 0.4) is 0 Å². The van der Waals surface area contributed by atoms with Crippen LogP contribution in [0, 0.1) is 0 Å². The Kier molecular flexibility index (Phi) is 31.5. The predicted octanol–water partition coefficient (Wildman–Crippen LogP) is -6.80. The van der Waals surface area contributed by atoms with Crippen molar-refractivity contribution in [1.82, 2.24) is 63.1 Å². The predicted molar refractivity (Wildman–Crippen MR) is 342 cm³/mol. The highest BCUT2D eigenvalue weighted by Gasteiger charge is 2.38. The van der Waals surface area contributed by atoms with Gasteiger partial charge in [0.15, 0.2) is 0 Å². The highest BCUT2D eigenvalue weighted by Crippen LogP contribution is 2.15. The van der Waals surface area contributed by atoms with Gasteiger partial charge in [-0.25, -0.2) is 9.78 Å². The molecule has 0 saturated carbocycles. The van der Waals surface area contributed by atoms with Crippen molar-refractivity contribution in [3.63, 3.8) is 0 Å². The van der Waals surface area contributed by atoms with Crippen molar-refractivity contribution in [2.75, 3.05) is 18.1 Å². The van der Waals surface area contributed by atoms with Crippen LogP contribution in [0.5, 0.6) is 11.5 Å². The zero-order chi connectivity index (χ0) is 71.3. The number of phenols is 2. The van der Waals surface area contributed by atoms with Crippen LogP contribution in [0.4, 0.5) is 0 Å². The van der Waals surface area contributed by atoms with E-state index in [9.17, 15) is 97.8 Å². The zero-order valence-corrected chi connectivity index (χ0v) is 53.1. The molecule has 0 aliphatic rings. The molecule has 0 bridgehead atoms. The van der Waals surface area contributed by atoms with E-state index in [-0.39, 0.29) is 42.2 Å². The number of benzene rings is 3. The molecular weight excluding hydrogens is 1300 g/mol. The molecule has 12 amide bonds. The number of aliphatic hydroxyl groups is 2. The van der Waals surface area contributed by atoms with Crippen LogP contribution in [-0.4, -0.2) is 214 Å². The maximum absolute atomic E-state index is 14.1. The van der Waals surface area contributed by atoms with Crippen molar-refractivity contribution < 1.29 is 97.8 Å². The van der Waals surface area contributed by atoms with Crippen LogP contribution >= 0.6 is 25.3 Å². The summed E-state index contributed by atoms with van der Waals surface area (Å²) in [4.78, 5) is 193. The van der Waals surface area contributed by atoms with Crippen LogP contribution in [0.2, 0.25) is 0 Å². The number of aromatic amines is 1. The van der Waals surface area contributed by atoms with Gasteiger partial charge in [-0.1, -0.05) is 54.6 Å². The second-order valence-corrected chi connectivity index (χ2v) is 22.5. The summed E-state index contributed by atoms with van der Waals surface area (Å²) in [5.41, 5.74) is 18.6. The fourth-order valence-corrected chi connectivity index (χ4v) is 9.49. The van der Waals surface area contributed by atoms with E-state index in [1.807, 2.05) is 5.32 Å². The van der Waals surface area contributed by atoms with Crippen molar-refractivity contribution >= 4 is 108 Å². The molecule has 37 heteroatoms. The number of nitrogens with two attached hydrogens (primary N) is 3. The Balaban J connectivity index is 1.50. The van der Waals surface area contributed by atoms with Crippen molar-refractivity contribution in [3.05, 3.63) is 114 Å². The molecule has 35 nitrogen and oxygen atoms in total. The average Bonchev–Trinajstić information content (AvgIpc) is 1.19. The molecule has 0 aliphatic heterocycles. The van der Waals surface area contributed by atoms with Crippen LogP contribution in [0.25, 0.3) is 0 Å². The minimum atomic E-state index is -2.12. The van der Waals surface area contributed by atoms with Crippen molar-refractivity contribution in [1.29, 1.82) is 0 Å². The largest absolute Gasteiger partial charge is 0.508 e. The minimum absolute atomic E-state index is 0.00324. The maximum atomic E-state index is 14.1. The highest BCUT2D eigenvalue weighted by molar-refractivity contribution is 7.80. The summed E-state index contributed by atoms with van der Waals surface area (Å²) >= 11 is 8.32. The molecule has 520 valence electrons. The Bertz CT molecular complexity index is 3370. The lowest BCUT2D eigenvalue weighted by Crippen LogP contribution is -2.63.